The van der Waals surface area contributed by atoms with E-state index in [1.807, 2.05) is 6.92 Å². The van der Waals surface area contributed by atoms with Crippen LogP contribution in [0.25, 0.3) is 0 Å². The molecule has 0 aromatic rings. The van der Waals surface area contributed by atoms with Crippen LogP contribution < -0.4 is 5.73 Å². The molecule has 0 aliphatic heterocycles. The minimum absolute atomic E-state index is 0.491. The van der Waals surface area contributed by atoms with Crippen molar-refractivity contribution < 1.29 is 5.11 Å². The molecular formula is C11H21NO. The first kappa shape index (κ1) is 9.47. The van der Waals surface area contributed by atoms with Gasteiger partial charge < -0.3 is 10.8 Å². The van der Waals surface area contributed by atoms with E-state index in [4.69, 9.17) is 5.73 Å². The van der Waals surface area contributed by atoms with Gasteiger partial charge in [0.25, 0.3) is 0 Å². The molecule has 3 N–H and O–H groups in total. The van der Waals surface area contributed by atoms with E-state index in [0.717, 1.165) is 18.3 Å². The lowest BCUT2D eigenvalue weighted by Gasteiger charge is -2.35. The Balaban J connectivity index is 2.01. The molecule has 0 aromatic carbocycles. The number of rotatable bonds is 3. The van der Waals surface area contributed by atoms with Crippen molar-refractivity contribution in [2.24, 2.45) is 23.5 Å². The molecule has 2 heteroatoms. The summed E-state index contributed by atoms with van der Waals surface area (Å²) in [5.74, 6) is 2.25. The van der Waals surface area contributed by atoms with Crippen molar-refractivity contribution in [3.05, 3.63) is 0 Å². The van der Waals surface area contributed by atoms with Crippen LogP contribution in [0, 0.1) is 17.8 Å². The highest BCUT2D eigenvalue weighted by atomic mass is 16.3. The van der Waals surface area contributed by atoms with E-state index in [0.29, 0.717) is 12.5 Å². The van der Waals surface area contributed by atoms with Crippen molar-refractivity contribution in [3.63, 3.8) is 0 Å². The summed E-state index contributed by atoms with van der Waals surface area (Å²) in [7, 11) is 0. The molecule has 2 fully saturated rings. The Morgan fingerprint density at radius 2 is 2.15 bits per heavy atom. The molecule has 76 valence electrons. The number of aliphatic hydroxyl groups is 1. The highest BCUT2D eigenvalue weighted by Gasteiger charge is 2.47. The molecule has 2 aliphatic carbocycles. The lowest BCUT2D eigenvalue weighted by atomic mass is 9.75. The van der Waals surface area contributed by atoms with Crippen molar-refractivity contribution in [1.82, 2.24) is 0 Å². The molecular weight excluding hydrogens is 162 g/mol. The average Bonchev–Trinajstić information content (AvgIpc) is 2.63. The zero-order valence-corrected chi connectivity index (χ0v) is 8.50. The van der Waals surface area contributed by atoms with Gasteiger partial charge in [-0.15, -0.1) is 0 Å². The van der Waals surface area contributed by atoms with Gasteiger partial charge in [-0.2, -0.15) is 0 Å². The van der Waals surface area contributed by atoms with Crippen LogP contribution >= 0.6 is 0 Å². The van der Waals surface area contributed by atoms with Gasteiger partial charge in [0.2, 0.25) is 0 Å². The normalized spacial score (nSPS) is 42.2. The summed E-state index contributed by atoms with van der Waals surface area (Å²) in [6.07, 6.45) is 6.12. The maximum atomic E-state index is 10.3. The SMILES string of the molecule is CC(O)(CCN)C1CC2CCC1C2. The topological polar surface area (TPSA) is 46.2 Å². The van der Waals surface area contributed by atoms with E-state index in [1.54, 1.807) is 0 Å². The van der Waals surface area contributed by atoms with Gasteiger partial charge in [-0.1, -0.05) is 6.42 Å². The van der Waals surface area contributed by atoms with Gasteiger partial charge in [0.05, 0.1) is 5.60 Å². The minimum Gasteiger partial charge on any atom is -0.390 e. The number of hydrogen-bond donors (Lipinski definition) is 2. The van der Waals surface area contributed by atoms with Crippen LogP contribution in [0.1, 0.15) is 39.0 Å². The standard InChI is InChI=1S/C11H21NO/c1-11(13,4-5-12)10-7-8-2-3-9(10)6-8/h8-10,13H,2-7,12H2,1H3. The third-order valence-electron chi connectivity index (χ3n) is 4.19. The van der Waals surface area contributed by atoms with Crippen LogP contribution in [0.3, 0.4) is 0 Å². The molecule has 2 saturated carbocycles. The Kier molecular flexibility index (Phi) is 2.37. The molecule has 0 aromatic heterocycles. The van der Waals surface area contributed by atoms with Crippen LogP contribution in [-0.4, -0.2) is 17.3 Å². The first-order valence-corrected chi connectivity index (χ1v) is 5.56. The largest absolute Gasteiger partial charge is 0.390 e. The van der Waals surface area contributed by atoms with Crippen LogP contribution in [-0.2, 0) is 0 Å². The third kappa shape index (κ3) is 1.62. The van der Waals surface area contributed by atoms with Crippen molar-refractivity contribution in [3.8, 4) is 0 Å². The third-order valence-corrected chi connectivity index (χ3v) is 4.19. The van der Waals surface area contributed by atoms with E-state index in [-0.39, 0.29) is 0 Å². The van der Waals surface area contributed by atoms with E-state index in [1.165, 1.54) is 25.7 Å². The van der Waals surface area contributed by atoms with Crippen molar-refractivity contribution in [2.75, 3.05) is 6.54 Å². The summed E-state index contributed by atoms with van der Waals surface area (Å²) in [6.45, 7) is 2.59. The second-order valence-electron chi connectivity index (χ2n) is 5.18. The fourth-order valence-electron chi connectivity index (χ4n) is 3.48. The molecule has 2 bridgehead atoms. The maximum Gasteiger partial charge on any atom is 0.0662 e. The Labute approximate surface area is 80.5 Å². The van der Waals surface area contributed by atoms with E-state index >= 15 is 0 Å². The van der Waals surface area contributed by atoms with Gasteiger partial charge in [0.1, 0.15) is 0 Å². The monoisotopic (exact) mass is 183 g/mol. The Hall–Kier alpha value is -0.0800. The Morgan fingerprint density at radius 3 is 2.62 bits per heavy atom. The molecule has 4 atom stereocenters. The summed E-state index contributed by atoms with van der Waals surface area (Å²) >= 11 is 0. The lowest BCUT2D eigenvalue weighted by molar-refractivity contribution is -0.0292. The van der Waals surface area contributed by atoms with Crippen molar-refractivity contribution >= 4 is 0 Å². The smallest absolute Gasteiger partial charge is 0.0662 e. The van der Waals surface area contributed by atoms with E-state index in [9.17, 15) is 5.11 Å². The summed E-state index contributed by atoms with van der Waals surface area (Å²) in [6, 6.07) is 0. The highest BCUT2D eigenvalue weighted by molar-refractivity contribution is 4.98. The quantitative estimate of drug-likeness (QED) is 0.697. The molecule has 13 heavy (non-hydrogen) atoms. The zero-order chi connectivity index (χ0) is 9.47. The summed E-state index contributed by atoms with van der Waals surface area (Å²) in [4.78, 5) is 0. The van der Waals surface area contributed by atoms with E-state index in [2.05, 4.69) is 0 Å². The molecule has 0 radical (unpaired) electrons. The van der Waals surface area contributed by atoms with Crippen molar-refractivity contribution in [1.29, 1.82) is 0 Å². The highest BCUT2D eigenvalue weighted by Crippen LogP contribution is 2.52. The zero-order valence-electron chi connectivity index (χ0n) is 8.50. The molecule has 4 unspecified atom stereocenters. The Bertz CT molecular complexity index is 191. The van der Waals surface area contributed by atoms with Gasteiger partial charge in [-0.05, 0) is 56.9 Å². The summed E-state index contributed by atoms with van der Waals surface area (Å²) in [5.41, 5.74) is 5.03. The maximum absolute atomic E-state index is 10.3. The lowest BCUT2D eigenvalue weighted by Crippen LogP contribution is -2.39. The van der Waals surface area contributed by atoms with Crippen molar-refractivity contribution in [2.45, 2.75) is 44.6 Å². The molecule has 2 rings (SSSR count). The van der Waals surface area contributed by atoms with Crippen LogP contribution in [0.15, 0.2) is 0 Å². The van der Waals surface area contributed by atoms with Gasteiger partial charge in [0, 0.05) is 0 Å². The molecule has 0 saturated heterocycles. The first-order chi connectivity index (χ1) is 6.13. The van der Waals surface area contributed by atoms with Gasteiger partial charge >= 0.3 is 0 Å². The van der Waals surface area contributed by atoms with Gasteiger partial charge in [0.15, 0.2) is 0 Å². The van der Waals surface area contributed by atoms with Crippen LogP contribution in [0.5, 0.6) is 0 Å². The Morgan fingerprint density at radius 1 is 1.38 bits per heavy atom. The number of nitrogens with two attached hydrogens (primary N) is 1. The van der Waals surface area contributed by atoms with Crippen LogP contribution in [0.2, 0.25) is 0 Å². The van der Waals surface area contributed by atoms with Gasteiger partial charge in [-0.25, -0.2) is 0 Å². The molecule has 0 spiro atoms. The molecule has 0 heterocycles. The van der Waals surface area contributed by atoms with Crippen LogP contribution in [0.4, 0.5) is 0 Å². The second kappa shape index (κ2) is 3.25. The molecule has 0 amide bonds. The summed E-state index contributed by atoms with van der Waals surface area (Å²) in [5, 5.41) is 10.3. The number of hydrogen-bond acceptors (Lipinski definition) is 2. The van der Waals surface area contributed by atoms with E-state index < -0.39 is 5.60 Å². The predicted octanol–water partition coefficient (Wildman–Crippen LogP) is 1.52. The molecule has 2 nitrogen and oxygen atoms in total. The number of fused-ring (bicyclic) bond motifs is 2. The van der Waals surface area contributed by atoms with Gasteiger partial charge in [-0.3, -0.25) is 0 Å². The first-order valence-electron chi connectivity index (χ1n) is 5.56. The minimum atomic E-state index is -0.491. The average molecular weight is 183 g/mol. The summed E-state index contributed by atoms with van der Waals surface area (Å²) < 4.78 is 0. The predicted molar refractivity (Wildman–Crippen MR) is 53.2 cm³/mol. The second-order valence-corrected chi connectivity index (χ2v) is 5.18. The fraction of sp³-hybridized carbons (Fsp3) is 1.00. The molecule has 2 aliphatic rings. The fourth-order valence-corrected chi connectivity index (χ4v) is 3.48.